The zero-order valence-electron chi connectivity index (χ0n) is 9.81. The van der Waals surface area contributed by atoms with E-state index in [1.165, 1.54) is 11.4 Å². The molecule has 0 bridgehead atoms. The zero-order chi connectivity index (χ0) is 13.4. The first kappa shape index (κ1) is 13.1. The third-order valence-corrected chi connectivity index (χ3v) is 3.46. The van der Waals surface area contributed by atoms with Crippen LogP contribution < -0.4 is 5.56 Å². The number of nitrogens with zero attached hydrogens (tertiary/aromatic N) is 3. The molecule has 2 aromatic heterocycles. The van der Waals surface area contributed by atoms with Crippen LogP contribution in [0.3, 0.4) is 0 Å². The van der Waals surface area contributed by atoms with Crippen LogP contribution in [0.2, 0.25) is 5.02 Å². The van der Waals surface area contributed by atoms with Crippen LogP contribution in [0.4, 0.5) is 0 Å². The van der Waals surface area contributed by atoms with Crippen LogP contribution in [0.1, 0.15) is 17.3 Å². The maximum Gasteiger partial charge on any atom is 0.345 e. The van der Waals surface area contributed by atoms with Crippen molar-refractivity contribution in [3.8, 4) is 0 Å². The summed E-state index contributed by atoms with van der Waals surface area (Å²) in [5, 5.41) is 4.23. The number of aryl methyl sites for hydroxylation is 1. The van der Waals surface area contributed by atoms with Gasteiger partial charge >= 0.3 is 5.97 Å². The smallest absolute Gasteiger partial charge is 0.345 e. The Morgan fingerprint density at radius 1 is 1.61 bits per heavy atom. The Morgan fingerprint density at radius 2 is 2.28 bits per heavy atom. The molecule has 1 unspecified atom stereocenters. The Bertz CT molecular complexity index is 692. The predicted octanol–water partition coefficient (Wildman–Crippen LogP) is 1.30. The Balaban J connectivity index is 2.90. The van der Waals surface area contributed by atoms with Gasteiger partial charge in [-0.05, 0) is 16.3 Å². The quantitative estimate of drug-likeness (QED) is 0.617. The van der Waals surface area contributed by atoms with Gasteiger partial charge in [-0.1, -0.05) is 11.6 Å². The van der Waals surface area contributed by atoms with E-state index in [1.54, 1.807) is 10.9 Å². The molecule has 0 aliphatic rings. The van der Waals surface area contributed by atoms with E-state index in [2.05, 4.69) is 19.2 Å². The van der Waals surface area contributed by atoms with Crippen LogP contribution in [0.5, 0.6) is 0 Å². The number of carbonyl (C=O) groups is 1. The second kappa shape index (κ2) is 4.71. The van der Waals surface area contributed by atoms with Gasteiger partial charge in [0.05, 0.1) is 17.6 Å². The molecule has 0 fully saturated rings. The van der Waals surface area contributed by atoms with Crippen molar-refractivity contribution in [1.82, 2.24) is 14.1 Å². The summed E-state index contributed by atoms with van der Waals surface area (Å²) >= 11 is 6.06. The van der Waals surface area contributed by atoms with Crippen LogP contribution in [-0.4, -0.2) is 27.2 Å². The summed E-state index contributed by atoms with van der Waals surface area (Å²) in [5.41, 5.74) is 0.209. The van der Waals surface area contributed by atoms with Gasteiger partial charge in [0, 0.05) is 12.7 Å². The van der Waals surface area contributed by atoms with Gasteiger partial charge in [-0.25, -0.2) is 4.79 Å². The molecular weight excluding hydrogens is 277 g/mol. The summed E-state index contributed by atoms with van der Waals surface area (Å²) in [6, 6.07) is 0. The highest BCUT2D eigenvalue weighted by Gasteiger charge is 2.22. The highest BCUT2D eigenvalue weighted by atomic mass is 35.5. The number of aromatic nitrogens is 3. The van der Waals surface area contributed by atoms with Crippen molar-refractivity contribution in [1.29, 1.82) is 0 Å². The molecule has 2 aromatic rings. The number of ether oxygens (including phenoxy) is 1. The van der Waals surface area contributed by atoms with E-state index in [1.807, 2.05) is 6.92 Å². The first-order valence-corrected chi connectivity index (χ1v) is 6.05. The second-order valence-electron chi connectivity index (χ2n) is 3.57. The minimum absolute atomic E-state index is 0.0211. The van der Waals surface area contributed by atoms with Crippen LogP contribution in [0.25, 0.3) is 11.0 Å². The highest BCUT2D eigenvalue weighted by Crippen LogP contribution is 2.25. The molecule has 0 spiro atoms. The molecule has 0 aliphatic heterocycles. The first-order valence-electron chi connectivity index (χ1n) is 5.16. The second-order valence-corrected chi connectivity index (χ2v) is 4.47. The molecular formula is C10H11ClN3O3P. The molecule has 0 N–H and O–H groups in total. The van der Waals surface area contributed by atoms with Crippen molar-refractivity contribution in [2.75, 3.05) is 7.11 Å². The molecule has 2 rings (SSSR count). The fourth-order valence-electron chi connectivity index (χ4n) is 1.63. The van der Waals surface area contributed by atoms with Gasteiger partial charge in [-0.3, -0.25) is 13.8 Å². The SMILES string of the molecule is CCn1cc2c(n1)c(Cl)c(C(=O)OC)c(=O)n2P. The minimum atomic E-state index is -0.769. The highest BCUT2D eigenvalue weighted by molar-refractivity contribution is 7.14. The van der Waals surface area contributed by atoms with Crippen LogP contribution >= 0.6 is 21.0 Å². The van der Waals surface area contributed by atoms with E-state index in [0.29, 0.717) is 17.6 Å². The Hall–Kier alpha value is -1.39. The van der Waals surface area contributed by atoms with Crippen molar-refractivity contribution in [2.45, 2.75) is 13.5 Å². The summed E-state index contributed by atoms with van der Waals surface area (Å²) in [7, 11) is 3.44. The number of esters is 1. The average molecular weight is 288 g/mol. The molecule has 2 heterocycles. The van der Waals surface area contributed by atoms with E-state index in [9.17, 15) is 9.59 Å². The van der Waals surface area contributed by atoms with Gasteiger partial charge in [0.1, 0.15) is 11.1 Å². The van der Waals surface area contributed by atoms with Crippen molar-refractivity contribution >= 4 is 38.0 Å². The van der Waals surface area contributed by atoms with Gasteiger partial charge < -0.3 is 4.74 Å². The molecule has 0 aromatic carbocycles. The zero-order valence-corrected chi connectivity index (χ0v) is 11.7. The lowest BCUT2D eigenvalue weighted by Crippen LogP contribution is -2.23. The van der Waals surface area contributed by atoms with E-state index in [0.717, 1.165) is 0 Å². The van der Waals surface area contributed by atoms with Crippen molar-refractivity contribution in [2.24, 2.45) is 0 Å². The molecule has 0 aliphatic carbocycles. The third-order valence-electron chi connectivity index (χ3n) is 2.58. The number of fused-ring (bicyclic) bond motifs is 1. The summed E-state index contributed by atoms with van der Waals surface area (Å²) in [6.45, 7) is 2.55. The number of rotatable bonds is 2. The Morgan fingerprint density at radius 3 is 2.83 bits per heavy atom. The maximum absolute atomic E-state index is 12.0. The molecule has 18 heavy (non-hydrogen) atoms. The average Bonchev–Trinajstić information content (AvgIpc) is 2.80. The molecule has 1 atom stereocenters. The fraction of sp³-hybridized carbons (Fsp3) is 0.300. The molecule has 96 valence electrons. The lowest BCUT2D eigenvalue weighted by atomic mass is 10.2. The van der Waals surface area contributed by atoms with E-state index < -0.39 is 11.5 Å². The first-order chi connectivity index (χ1) is 8.51. The Kier molecular flexibility index (Phi) is 3.41. The minimum Gasteiger partial charge on any atom is -0.465 e. The Labute approximate surface area is 110 Å². The van der Waals surface area contributed by atoms with Crippen LogP contribution in [-0.2, 0) is 11.3 Å². The van der Waals surface area contributed by atoms with E-state index in [-0.39, 0.29) is 10.6 Å². The van der Waals surface area contributed by atoms with Gasteiger partial charge in [0.2, 0.25) is 0 Å². The standard InChI is InChI=1S/C10H11ClN3O3P/c1-3-13-4-5-8(12-13)7(11)6(10(16)17-2)9(15)14(5)18/h4H,3,18H2,1-2H3. The number of hydrogen-bond acceptors (Lipinski definition) is 4. The maximum atomic E-state index is 12.0. The third kappa shape index (κ3) is 1.82. The summed E-state index contributed by atoms with van der Waals surface area (Å²) in [5.74, 6) is -0.769. The number of methoxy groups -OCH3 is 1. The normalized spacial score (nSPS) is 10.9. The monoisotopic (exact) mass is 287 g/mol. The van der Waals surface area contributed by atoms with Crippen molar-refractivity contribution in [3.05, 3.63) is 27.1 Å². The van der Waals surface area contributed by atoms with Gasteiger partial charge in [-0.2, -0.15) is 5.10 Å². The summed E-state index contributed by atoms with van der Waals surface area (Å²) in [4.78, 5) is 23.6. The van der Waals surface area contributed by atoms with E-state index >= 15 is 0 Å². The van der Waals surface area contributed by atoms with Crippen molar-refractivity contribution in [3.63, 3.8) is 0 Å². The fourth-order valence-corrected chi connectivity index (χ4v) is 2.24. The lowest BCUT2D eigenvalue weighted by molar-refractivity contribution is 0.0599. The topological polar surface area (TPSA) is 66.1 Å². The van der Waals surface area contributed by atoms with Crippen LogP contribution in [0, 0.1) is 0 Å². The molecule has 0 saturated heterocycles. The summed E-state index contributed by atoms with van der Waals surface area (Å²) < 4.78 is 7.45. The van der Waals surface area contributed by atoms with E-state index in [4.69, 9.17) is 11.6 Å². The molecule has 0 saturated carbocycles. The van der Waals surface area contributed by atoms with Gasteiger partial charge in [-0.15, -0.1) is 0 Å². The molecule has 0 amide bonds. The number of hydrogen-bond donors (Lipinski definition) is 0. The summed E-state index contributed by atoms with van der Waals surface area (Å²) in [6.07, 6.45) is 1.69. The molecule has 6 nitrogen and oxygen atoms in total. The lowest BCUT2D eigenvalue weighted by Gasteiger charge is -2.05. The number of carbonyl (C=O) groups excluding carboxylic acids is 1. The number of halogens is 1. The number of pyridine rings is 1. The van der Waals surface area contributed by atoms with Crippen LogP contribution in [0.15, 0.2) is 11.0 Å². The van der Waals surface area contributed by atoms with Gasteiger partial charge in [0.15, 0.2) is 0 Å². The largest absolute Gasteiger partial charge is 0.465 e. The molecule has 0 radical (unpaired) electrons. The van der Waals surface area contributed by atoms with Crippen molar-refractivity contribution < 1.29 is 9.53 Å². The van der Waals surface area contributed by atoms with Gasteiger partial charge in [0.25, 0.3) is 5.56 Å². The predicted molar refractivity (Wildman–Crippen MR) is 71.1 cm³/mol. The molecule has 8 heteroatoms.